The normalized spacial score (nSPS) is 12.5. The van der Waals surface area contributed by atoms with Gasteiger partial charge in [0.2, 0.25) is 0 Å². The molecule has 2 aromatic carbocycles. The summed E-state index contributed by atoms with van der Waals surface area (Å²) in [6, 6.07) is 19.6. The van der Waals surface area contributed by atoms with Crippen LogP contribution in [0, 0.1) is 5.92 Å². The van der Waals surface area contributed by atoms with Gasteiger partial charge in [0.1, 0.15) is 5.76 Å². The predicted molar refractivity (Wildman–Crippen MR) is 97.8 cm³/mol. The van der Waals surface area contributed by atoms with Crippen molar-refractivity contribution >= 4 is 13.5 Å². The van der Waals surface area contributed by atoms with E-state index in [4.69, 9.17) is 4.43 Å². The van der Waals surface area contributed by atoms with Crippen LogP contribution in [0.15, 0.2) is 72.5 Å². The molecule has 0 aliphatic carbocycles. The lowest BCUT2D eigenvalue weighted by Crippen LogP contribution is -2.45. The zero-order valence-electron chi connectivity index (χ0n) is 14.4. The van der Waals surface area contributed by atoms with Gasteiger partial charge in [-0.25, -0.2) is 0 Å². The topological polar surface area (TPSA) is 9.23 Å². The molecule has 4 heteroatoms. The zero-order valence-corrected chi connectivity index (χ0v) is 15.4. The minimum Gasteiger partial charge on any atom is -0.539 e. The quantitative estimate of drug-likeness (QED) is 0.476. The van der Waals surface area contributed by atoms with Gasteiger partial charge in [0.05, 0.1) is 0 Å². The standard InChI is InChI=1S/C20H24F2OSi/c1-16(14-15-17-10-6-4-7-11-17)19(20(21)22)23-24(2,3)18-12-8-5-9-13-18/h4-13,16H,14-15H2,1-3H3/t16-/m0/s1. The van der Waals surface area contributed by atoms with E-state index >= 15 is 0 Å². The van der Waals surface area contributed by atoms with Crippen LogP contribution in [0.1, 0.15) is 18.9 Å². The Balaban J connectivity index is 2.08. The van der Waals surface area contributed by atoms with E-state index in [1.165, 1.54) is 0 Å². The number of benzene rings is 2. The Morgan fingerprint density at radius 3 is 2.04 bits per heavy atom. The van der Waals surface area contributed by atoms with Crippen LogP contribution < -0.4 is 5.19 Å². The fraction of sp³-hybridized carbons (Fsp3) is 0.300. The Labute approximate surface area is 144 Å². The molecule has 2 rings (SSSR count). The first-order chi connectivity index (χ1) is 11.4. The Hall–Kier alpha value is -1.94. The first kappa shape index (κ1) is 18.4. The van der Waals surface area contributed by atoms with Gasteiger partial charge in [-0.2, -0.15) is 8.78 Å². The average Bonchev–Trinajstić information content (AvgIpc) is 2.59. The van der Waals surface area contributed by atoms with E-state index in [0.29, 0.717) is 6.42 Å². The molecule has 0 fully saturated rings. The van der Waals surface area contributed by atoms with Gasteiger partial charge < -0.3 is 4.43 Å². The van der Waals surface area contributed by atoms with Crippen molar-refractivity contribution in [3.05, 3.63) is 78.1 Å². The van der Waals surface area contributed by atoms with Gasteiger partial charge in [-0.15, -0.1) is 0 Å². The molecule has 0 aliphatic heterocycles. The molecule has 1 atom stereocenters. The van der Waals surface area contributed by atoms with Crippen LogP contribution in [0.4, 0.5) is 8.78 Å². The number of aryl methyl sites for hydroxylation is 1. The third kappa shape index (κ3) is 5.03. The molecule has 1 nitrogen and oxygen atoms in total. The molecule has 0 bridgehead atoms. The second kappa shape index (κ2) is 8.24. The highest BCUT2D eigenvalue weighted by molar-refractivity contribution is 6.84. The second-order valence-electron chi connectivity index (χ2n) is 6.53. The molecule has 0 aromatic heterocycles. The molecule has 0 amide bonds. The van der Waals surface area contributed by atoms with E-state index in [9.17, 15) is 8.78 Å². The fourth-order valence-corrected chi connectivity index (χ4v) is 4.60. The van der Waals surface area contributed by atoms with Gasteiger partial charge >= 0.3 is 6.08 Å². The summed E-state index contributed by atoms with van der Waals surface area (Å²) >= 11 is 0. The molecule has 0 N–H and O–H groups in total. The van der Waals surface area contributed by atoms with E-state index < -0.39 is 14.4 Å². The molecule has 24 heavy (non-hydrogen) atoms. The molecule has 0 spiro atoms. The van der Waals surface area contributed by atoms with Gasteiger partial charge in [0.25, 0.3) is 8.32 Å². The second-order valence-corrected chi connectivity index (χ2v) is 10.3. The largest absolute Gasteiger partial charge is 0.539 e. The highest BCUT2D eigenvalue weighted by Crippen LogP contribution is 2.27. The predicted octanol–water partition coefficient (Wildman–Crippen LogP) is 5.49. The molecule has 0 aliphatic rings. The smallest absolute Gasteiger partial charge is 0.306 e. The highest BCUT2D eigenvalue weighted by Gasteiger charge is 2.31. The van der Waals surface area contributed by atoms with E-state index in [0.717, 1.165) is 17.2 Å². The lowest BCUT2D eigenvalue weighted by Gasteiger charge is -2.28. The Kier molecular flexibility index (Phi) is 6.32. The van der Waals surface area contributed by atoms with Crippen LogP contribution in [0.25, 0.3) is 0 Å². The maximum Gasteiger partial charge on any atom is 0.306 e. The van der Waals surface area contributed by atoms with Gasteiger partial charge in [-0.3, -0.25) is 0 Å². The molecule has 0 unspecified atom stereocenters. The average molecular weight is 346 g/mol. The van der Waals surface area contributed by atoms with Gasteiger partial charge in [-0.1, -0.05) is 67.6 Å². The van der Waals surface area contributed by atoms with E-state index in [-0.39, 0.29) is 11.7 Å². The number of allylic oxidation sites excluding steroid dienone is 1. The summed E-state index contributed by atoms with van der Waals surface area (Å²) in [5.74, 6) is -0.461. The van der Waals surface area contributed by atoms with E-state index in [1.807, 2.05) is 80.7 Å². The molecule has 0 radical (unpaired) electrons. The number of rotatable bonds is 7. The molecule has 0 saturated carbocycles. The highest BCUT2D eigenvalue weighted by atomic mass is 28.4. The summed E-state index contributed by atoms with van der Waals surface area (Å²) in [4.78, 5) is 0. The van der Waals surface area contributed by atoms with Crippen molar-refractivity contribution in [2.45, 2.75) is 32.9 Å². The summed E-state index contributed by atoms with van der Waals surface area (Å²) in [5.41, 5.74) is 1.16. The van der Waals surface area contributed by atoms with Crippen molar-refractivity contribution in [3.8, 4) is 0 Å². The molecule has 0 heterocycles. The van der Waals surface area contributed by atoms with Crippen LogP contribution in [0.3, 0.4) is 0 Å². The molecule has 0 saturated heterocycles. The molecular weight excluding hydrogens is 322 g/mol. The van der Waals surface area contributed by atoms with Gasteiger partial charge in [0, 0.05) is 5.92 Å². The SMILES string of the molecule is C[C@@H](CCc1ccccc1)C(O[Si](C)(C)c1ccccc1)=C(F)F. The van der Waals surface area contributed by atoms with Crippen LogP contribution in [0.5, 0.6) is 0 Å². The van der Waals surface area contributed by atoms with Crippen LogP contribution in [-0.2, 0) is 10.8 Å². The van der Waals surface area contributed by atoms with Crippen LogP contribution >= 0.6 is 0 Å². The molecular formula is C20H24F2OSi. The maximum absolute atomic E-state index is 13.5. The minimum absolute atomic E-state index is 0.147. The minimum atomic E-state index is -2.41. The lowest BCUT2D eigenvalue weighted by atomic mass is 10.00. The summed E-state index contributed by atoms with van der Waals surface area (Å²) in [6.45, 7) is 5.72. The van der Waals surface area contributed by atoms with Crippen LogP contribution in [0.2, 0.25) is 13.1 Å². The zero-order chi connectivity index (χ0) is 17.6. The molecule has 128 valence electrons. The van der Waals surface area contributed by atoms with Crippen molar-refractivity contribution in [2.24, 2.45) is 5.92 Å². The van der Waals surface area contributed by atoms with Crippen molar-refractivity contribution in [1.29, 1.82) is 0 Å². The molecule has 2 aromatic rings. The summed E-state index contributed by atoms with van der Waals surface area (Å²) in [7, 11) is -2.41. The Bertz CT molecular complexity index is 665. The summed E-state index contributed by atoms with van der Waals surface area (Å²) < 4.78 is 32.9. The third-order valence-corrected chi connectivity index (χ3v) is 6.63. The fourth-order valence-electron chi connectivity index (χ4n) is 2.66. The first-order valence-electron chi connectivity index (χ1n) is 8.24. The lowest BCUT2D eigenvalue weighted by molar-refractivity contribution is 0.278. The van der Waals surface area contributed by atoms with Gasteiger partial charge in [0.15, 0.2) is 0 Å². The Morgan fingerprint density at radius 1 is 0.958 bits per heavy atom. The Morgan fingerprint density at radius 2 is 1.50 bits per heavy atom. The van der Waals surface area contributed by atoms with Crippen molar-refractivity contribution in [1.82, 2.24) is 0 Å². The number of halogens is 2. The summed E-state index contributed by atoms with van der Waals surface area (Å²) in [5, 5.41) is 1.01. The van der Waals surface area contributed by atoms with Crippen molar-refractivity contribution in [2.75, 3.05) is 0 Å². The number of hydrogen-bond acceptors (Lipinski definition) is 1. The van der Waals surface area contributed by atoms with Crippen molar-refractivity contribution < 1.29 is 13.2 Å². The first-order valence-corrected chi connectivity index (χ1v) is 11.1. The maximum atomic E-state index is 13.5. The summed E-state index contributed by atoms with van der Waals surface area (Å²) in [6.07, 6.45) is -0.308. The third-order valence-electron chi connectivity index (χ3n) is 4.18. The van der Waals surface area contributed by atoms with Gasteiger partial charge in [-0.05, 0) is 36.7 Å². The monoisotopic (exact) mass is 346 g/mol. The van der Waals surface area contributed by atoms with E-state index in [2.05, 4.69) is 0 Å². The van der Waals surface area contributed by atoms with Crippen LogP contribution in [-0.4, -0.2) is 8.32 Å². The van der Waals surface area contributed by atoms with Crippen molar-refractivity contribution in [3.63, 3.8) is 0 Å². The number of hydrogen-bond donors (Lipinski definition) is 0. The van der Waals surface area contributed by atoms with E-state index in [1.54, 1.807) is 0 Å².